The molecule has 0 bridgehead atoms. The molecule has 0 N–H and O–H groups in total. The first kappa shape index (κ1) is 12.1. The molecule has 2 heterocycles. The summed E-state index contributed by atoms with van der Waals surface area (Å²) in [6.45, 7) is 0.633. The molecule has 1 unspecified atom stereocenters. The number of hydrogen-bond donors (Lipinski definition) is 0. The third-order valence-electron chi connectivity index (χ3n) is 2.35. The fraction of sp³-hybridized carbons (Fsp3) is 0.444. The first-order valence-corrected chi connectivity index (χ1v) is 6.54. The molecule has 1 fully saturated rings. The zero-order valence-electron chi connectivity index (χ0n) is 8.16. The quantitative estimate of drug-likeness (QED) is 0.477. The molecule has 1 atom stereocenters. The van der Waals surface area contributed by atoms with E-state index in [9.17, 15) is 4.79 Å². The van der Waals surface area contributed by atoms with Crippen LogP contribution in [-0.4, -0.2) is 27.7 Å². The molecule has 4 nitrogen and oxygen atoms in total. The number of rotatable bonds is 2. The van der Waals surface area contributed by atoms with Crippen molar-refractivity contribution >= 4 is 50.9 Å². The van der Waals surface area contributed by atoms with Crippen LogP contribution in [0.25, 0.3) is 0 Å². The molecule has 0 spiro atoms. The molecule has 1 aliphatic rings. The molecule has 1 saturated heterocycles. The van der Waals surface area contributed by atoms with Gasteiger partial charge >= 0.3 is 0 Å². The molecular weight excluding hydrogens is 317 g/mol. The molecule has 0 radical (unpaired) electrons. The fourth-order valence-corrected chi connectivity index (χ4v) is 2.46. The molecule has 0 saturated carbocycles. The minimum absolute atomic E-state index is 0.0373. The summed E-state index contributed by atoms with van der Waals surface area (Å²) < 4.78 is 0. The third kappa shape index (κ3) is 2.47. The van der Waals surface area contributed by atoms with E-state index in [0.29, 0.717) is 24.7 Å². The van der Waals surface area contributed by atoms with Crippen molar-refractivity contribution in [3.8, 4) is 0 Å². The molecular formula is C9H8BrCl2N3O. The van der Waals surface area contributed by atoms with E-state index in [1.54, 1.807) is 11.0 Å². The lowest BCUT2D eigenvalue weighted by molar-refractivity contribution is -0.117. The number of hydrogen-bond acceptors (Lipinski definition) is 3. The predicted octanol–water partition coefficient (Wildman–Crippen LogP) is 2.53. The average Bonchev–Trinajstić information content (AvgIpc) is 2.58. The highest BCUT2D eigenvalue weighted by atomic mass is 79.9. The number of carbonyl (C=O) groups excluding carboxylic acids is 1. The number of nitrogens with zero attached hydrogens (tertiary/aromatic N) is 3. The summed E-state index contributed by atoms with van der Waals surface area (Å²) in [4.78, 5) is 21.1. The first-order valence-electron chi connectivity index (χ1n) is 4.66. The van der Waals surface area contributed by atoms with E-state index >= 15 is 0 Å². The van der Waals surface area contributed by atoms with Crippen LogP contribution < -0.4 is 4.90 Å². The standard InChI is InChI=1S/C9H8BrCl2N3O/c10-3-5-1-8(16)15(4-5)7-2-6(11)13-9(12)14-7/h2,5H,1,3-4H2. The Kier molecular flexibility index (Phi) is 3.66. The van der Waals surface area contributed by atoms with Gasteiger partial charge in [-0.3, -0.25) is 9.69 Å². The summed E-state index contributed by atoms with van der Waals surface area (Å²) in [7, 11) is 0. The van der Waals surface area contributed by atoms with Gasteiger partial charge in [0.25, 0.3) is 0 Å². The van der Waals surface area contributed by atoms with Gasteiger partial charge in [0.15, 0.2) is 0 Å². The van der Waals surface area contributed by atoms with E-state index in [-0.39, 0.29) is 16.3 Å². The van der Waals surface area contributed by atoms with Crippen molar-refractivity contribution in [1.82, 2.24) is 9.97 Å². The monoisotopic (exact) mass is 323 g/mol. The van der Waals surface area contributed by atoms with Crippen molar-refractivity contribution in [3.05, 3.63) is 16.5 Å². The maximum absolute atomic E-state index is 11.7. The molecule has 1 aliphatic heterocycles. The second-order valence-corrected chi connectivity index (χ2v) is 4.92. The van der Waals surface area contributed by atoms with Gasteiger partial charge in [0.05, 0.1) is 0 Å². The van der Waals surface area contributed by atoms with Crippen LogP contribution in [0.2, 0.25) is 10.4 Å². The minimum Gasteiger partial charge on any atom is -0.296 e. The Bertz CT molecular complexity index is 409. The Morgan fingerprint density at radius 2 is 2.25 bits per heavy atom. The summed E-state index contributed by atoms with van der Waals surface area (Å²) >= 11 is 14.8. The lowest BCUT2D eigenvalue weighted by Crippen LogP contribution is -2.25. The van der Waals surface area contributed by atoms with Gasteiger partial charge in [-0.2, -0.15) is 0 Å². The fourth-order valence-electron chi connectivity index (χ4n) is 1.62. The number of anilines is 1. The van der Waals surface area contributed by atoms with Crippen molar-refractivity contribution in [2.24, 2.45) is 5.92 Å². The van der Waals surface area contributed by atoms with Gasteiger partial charge in [-0.1, -0.05) is 27.5 Å². The lowest BCUT2D eigenvalue weighted by Gasteiger charge is -2.15. The summed E-state index contributed by atoms with van der Waals surface area (Å²) in [6, 6.07) is 1.54. The molecule has 0 aliphatic carbocycles. The van der Waals surface area contributed by atoms with E-state index < -0.39 is 0 Å². The van der Waals surface area contributed by atoms with E-state index in [0.717, 1.165) is 5.33 Å². The second-order valence-electron chi connectivity index (χ2n) is 3.55. The molecule has 1 aromatic rings. The van der Waals surface area contributed by atoms with Gasteiger partial charge in [-0.15, -0.1) is 0 Å². The van der Waals surface area contributed by atoms with E-state index in [2.05, 4.69) is 25.9 Å². The van der Waals surface area contributed by atoms with Crippen LogP contribution in [0.1, 0.15) is 6.42 Å². The van der Waals surface area contributed by atoms with Gasteiger partial charge in [0.2, 0.25) is 11.2 Å². The Morgan fingerprint density at radius 1 is 1.50 bits per heavy atom. The molecule has 0 aromatic carbocycles. The van der Waals surface area contributed by atoms with Crippen LogP contribution in [0, 0.1) is 5.92 Å². The Labute approximate surface area is 111 Å². The van der Waals surface area contributed by atoms with Crippen LogP contribution >= 0.6 is 39.1 Å². The van der Waals surface area contributed by atoms with Crippen LogP contribution in [0.15, 0.2) is 6.07 Å². The van der Waals surface area contributed by atoms with Crippen molar-refractivity contribution in [1.29, 1.82) is 0 Å². The average molecular weight is 325 g/mol. The van der Waals surface area contributed by atoms with Crippen LogP contribution in [-0.2, 0) is 4.79 Å². The summed E-state index contributed by atoms with van der Waals surface area (Å²) in [5.41, 5.74) is 0. The van der Waals surface area contributed by atoms with Gasteiger partial charge in [0.1, 0.15) is 11.0 Å². The molecule has 1 aromatic heterocycles. The topological polar surface area (TPSA) is 46.1 Å². The highest BCUT2D eigenvalue weighted by Gasteiger charge is 2.30. The lowest BCUT2D eigenvalue weighted by atomic mass is 10.2. The highest BCUT2D eigenvalue weighted by Crippen LogP contribution is 2.26. The van der Waals surface area contributed by atoms with Crippen molar-refractivity contribution in [2.75, 3.05) is 16.8 Å². The smallest absolute Gasteiger partial charge is 0.228 e. The summed E-state index contributed by atoms with van der Waals surface area (Å²) in [5.74, 6) is 0.814. The maximum atomic E-state index is 11.7. The Balaban J connectivity index is 2.27. The van der Waals surface area contributed by atoms with Gasteiger partial charge < -0.3 is 0 Å². The predicted molar refractivity (Wildman–Crippen MR) is 66.3 cm³/mol. The van der Waals surface area contributed by atoms with Gasteiger partial charge in [-0.05, 0) is 17.5 Å². The summed E-state index contributed by atoms with van der Waals surface area (Å²) in [6.07, 6.45) is 0.518. The Morgan fingerprint density at radius 3 is 2.81 bits per heavy atom. The van der Waals surface area contributed by atoms with Crippen molar-refractivity contribution in [2.45, 2.75) is 6.42 Å². The Hall–Kier alpha value is -0.390. The van der Waals surface area contributed by atoms with Crippen LogP contribution in [0.4, 0.5) is 5.82 Å². The van der Waals surface area contributed by atoms with E-state index in [4.69, 9.17) is 23.2 Å². The molecule has 86 valence electrons. The number of alkyl halides is 1. The summed E-state index contributed by atoms with van der Waals surface area (Å²) in [5, 5.41) is 1.09. The molecule has 1 amide bonds. The van der Waals surface area contributed by atoms with E-state index in [1.165, 1.54) is 0 Å². The van der Waals surface area contributed by atoms with Crippen LogP contribution in [0.3, 0.4) is 0 Å². The number of aromatic nitrogens is 2. The molecule has 7 heteroatoms. The minimum atomic E-state index is 0.0373. The largest absolute Gasteiger partial charge is 0.296 e. The second kappa shape index (κ2) is 4.85. The number of amides is 1. The molecule has 2 rings (SSSR count). The zero-order valence-corrected chi connectivity index (χ0v) is 11.3. The molecule has 16 heavy (non-hydrogen) atoms. The third-order valence-corrected chi connectivity index (χ3v) is 3.63. The van der Waals surface area contributed by atoms with E-state index in [1.807, 2.05) is 0 Å². The van der Waals surface area contributed by atoms with Gasteiger partial charge in [-0.25, -0.2) is 9.97 Å². The number of carbonyl (C=O) groups is 1. The highest BCUT2D eigenvalue weighted by molar-refractivity contribution is 9.09. The normalized spacial score (nSPS) is 20.6. The number of halogens is 3. The SMILES string of the molecule is O=C1CC(CBr)CN1c1cc(Cl)nc(Cl)n1. The van der Waals surface area contributed by atoms with Crippen molar-refractivity contribution < 1.29 is 4.79 Å². The van der Waals surface area contributed by atoms with Gasteiger partial charge in [0, 0.05) is 24.4 Å². The maximum Gasteiger partial charge on any atom is 0.228 e. The van der Waals surface area contributed by atoms with Crippen molar-refractivity contribution in [3.63, 3.8) is 0 Å². The van der Waals surface area contributed by atoms with Crippen LogP contribution in [0.5, 0.6) is 0 Å². The first-order chi connectivity index (χ1) is 7.60. The zero-order chi connectivity index (χ0) is 11.7.